The van der Waals surface area contributed by atoms with Crippen molar-refractivity contribution in [2.45, 2.75) is 6.18 Å². The minimum atomic E-state index is -4.54. The monoisotopic (exact) mass is 289 g/mol. The minimum absolute atomic E-state index is 0.172. The second-order valence-electron chi connectivity index (χ2n) is 2.77. The molecule has 0 aromatic carbocycles. The molecule has 0 amide bonds. The van der Waals surface area contributed by atoms with Crippen LogP contribution >= 0.6 is 15.9 Å². The fourth-order valence-corrected chi connectivity index (χ4v) is 1.01. The van der Waals surface area contributed by atoms with Gasteiger partial charge in [-0.25, -0.2) is 0 Å². The first-order chi connectivity index (χ1) is 6.79. The van der Waals surface area contributed by atoms with Crippen molar-refractivity contribution in [1.82, 2.24) is 5.32 Å². The van der Waals surface area contributed by atoms with Gasteiger partial charge < -0.3 is 16.3 Å². The second-order valence-corrected chi connectivity index (χ2v) is 3.89. The molecule has 88 valence electrons. The van der Waals surface area contributed by atoms with Crippen LogP contribution in [-0.2, 0) is 0 Å². The molecule has 0 heterocycles. The van der Waals surface area contributed by atoms with Crippen LogP contribution in [0.5, 0.6) is 0 Å². The molecule has 0 radical (unpaired) electrons. The van der Waals surface area contributed by atoms with Gasteiger partial charge in [0.15, 0.2) is 5.84 Å². The number of nitrogens with two attached hydrogens (primary N) is 1. The Labute approximate surface area is 93.1 Å². The Balaban J connectivity index is 4.34. The number of amidine groups is 1. The van der Waals surface area contributed by atoms with Crippen LogP contribution in [0.15, 0.2) is 16.2 Å². The van der Waals surface area contributed by atoms with Crippen molar-refractivity contribution in [1.29, 1.82) is 0 Å². The lowest BCUT2D eigenvalue weighted by atomic mass is 10.1. The standard InChI is InChI=1S/C7H11BrF3N3O/c1-4(8)2-13-3-5(6(12)14-15)7(9,10)11/h5,13,15H,1-3H2,(H2,12,14). The summed E-state index contributed by atoms with van der Waals surface area (Å²) in [5.74, 6) is -2.87. The highest BCUT2D eigenvalue weighted by atomic mass is 79.9. The van der Waals surface area contributed by atoms with Crippen LogP contribution in [0.25, 0.3) is 0 Å². The Morgan fingerprint density at radius 3 is 2.47 bits per heavy atom. The Hall–Kier alpha value is -0.760. The van der Waals surface area contributed by atoms with E-state index in [1.165, 1.54) is 0 Å². The molecule has 0 aliphatic rings. The topological polar surface area (TPSA) is 70.6 Å². The molecule has 0 aliphatic heterocycles. The van der Waals surface area contributed by atoms with Crippen LogP contribution in [0.2, 0.25) is 0 Å². The Kier molecular flexibility index (Phi) is 5.66. The summed E-state index contributed by atoms with van der Waals surface area (Å²) in [6, 6.07) is 0. The number of hydrogen-bond acceptors (Lipinski definition) is 3. The highest BCUT2D eigenvalue weighted by molar-refractivity contribution is 9.11. The summed E-state index contributed by atoms with van der Waals surface area (Å²) in [7, 11) is 0. The van der Waals surface area contributed by atoms with Crippen LogP contribution in [0.4, 0.5) is 13.2 Å². The third kappa shape index (κ3) is 5.63. The fraction of sp³-hybridized carbons (Fsp3) is 0.571. The highest BCUT2D eigenvalue weighted by Gasteiger charge is 2.42. The van der Waals surface area contributed by atoms with Crippen LogP contribution < -0.4 is 11.1 Å². The van der Waals surface area contributed by atoms with E-state index in [0.717, 1.165) is 0 Å². The van der Waals surface area contributed by atoms with Crippen molar-refractivity contribution in [3.05, 3.63) is 11.1 Å². The SMILES string of the molecule is C=C(Br)CNCC(C(N)=NO)C(F)(F)F. The van der Waals surface area contributed by atoms with E-state index in [9.17, 15) is 13.2 Å². The van der Waals surface area contributed by atoms with E-state index >= 15 is 0 Å². The smallest absolute Gasteiger partial charge is 0.400 e. The summed E-state index contributed by atoms with van der Waals surface area (Å²) in [5.41, 5.74) is 4.93. The summed E-state index contributed by atoms with van der Waals surface area (Å²) in [4.78, 5) is 0. The molecule has 1 atom stereocenters. The quantitative estimate of drug-likeness (QED) is 0.310. The molecule has 0 spiro atoms. The van der Waals surface area contributed by atoms with E-state index in [-0.39, 0.29) is 6.54 Å². The van der Waals surface area contributed by atoms with Crippen LogP contribution in [0.3, 0.4) is 0 Å². The number of nitrogens with zero attached hydrogens (tertiary/aromatic N) is 1. The van der Waals surface area contributed by atoms with E-state index in [2.05, 4.69) is 33.0 Å². The first-order valence-corrected chi connectivity index (χ1v) is 4.66. The zero-order valence-corrected chi connectivity index (χ0v) is 9.27. The van der Waals surface area contributed by atoms with Gasteiger partial charge in [-0.15, -0.1) is 0 Å². The molecular formula is C7H11BrF3N3O. The molecule has 0 fully saturated rings. The van der Waals surface area contributed by atoms with Crippen molar-refractivity contribution in [2.24, 2.45) is 16.8 Å². The summed E-state index contributed by atoms with van der Waals surface area (Å²) in [6.45, 7) is 3.14. The fourth-order valence-electron chi connectivity index (χ4n) is 0.810. The van der Waals surface area contributed by atoms with Crippen molar-refractivity contribution in [2.75, 3.05) is 13.1 Å². The zero-order chi connectivity index (χ0) is 12.1. The third-order valence-corrected chi connectivity index (χ3v) is 1.81. The summed E-state index contributed by atoms with van der Waals surface area (Å²) >= 11 is 2.98. The van der Waals surface area contributed by atoms with E-state index < -0.39 is 24.5 Å². The Morgan fingerprint density at radius 2 is 2.13 bits per heavy atom. The molecule has 0 saturated heterocycles. The van der Waals surface area contributed by atoms with Gasteiger partial charge in [-0.2, -0.15) is 13.2 Å². The maximum atomic E-state index is 12.3. The van der Waals surface area contributed by atoms with Gasteiger partial charge in [-0.1, -0.05) is 27.7 Å². The van der Waals surface area contributed by atoms with Gasteiger partial charge in [0.2, 0.25) is 0 Å². The van der Waals surface area contributed by atoms with Gasteiger partial charge >= 0.3 is 6.18 Å². The summed E-state index contributed by atoms with van der Waals surface area (Å²) in [5, 5.41) is 13.0. The van der Waals surface area contributed by atoms with Crippen molar-refractivity contribution in [3.8, 4) is 0 Å². The zero-order valence-electron chi connectivity index (χ0n) is 7.68. The lowest BCUT2D eigenvalue weighted by molar-refractivity contribution is -0.154. The number of oxime groups is 1. The second kappa shape index (κ2) is 5.96. The molecular weight excluding hydrogens is 279 g/mol. The molecule has 4 nitrogen and oxygen atoms in total. The largest absolute Gasteiger partial charge is 0.409 e. The molecule has 0 rings (SSSR count). The summed E-state index contributed by atoms with van der Waals surface area (Å²) in [6.07, 6.45) is -4.54. The normalized spacial score (nSPS) is 15.1. The molecule has 0 aromatic rings. The van der Waals surface area contributed by atoms with Crippen molar-refractivity contribution < 1.29 is 18.4 Å². The molecule has 0 bridgehead atoms. The van der Waals surface area contributed by atoms with Gasteiger partial charge in [0, 0.05) is 17.6 Å². The average Bonchev–Trinajstić information content (AvgIpc) is 2.09. The molecule has 8 heteroatoms. The molecule has 0 aromatic heterocycles. The van der Waals surface area contributed by atoms with Gasteiger partial charge in [0.25, 0.3) is 0 Å². The van der Waals surface area contributed by atoms with Crippen LogP contribution in [0.1, 0.15) is 0 Å². The first kappa shape index (κ1) is 14.2. The van der Waals surface area contributed by atoms with E-state index in [4.69, 9.17) is 10.9 Å². The number of rotatable bonds is 5. The number of hydrogen-bond donors (Lipinski definition) is 3. The van der Waals surface area contributed by atoms with Crippen LogP contribution in [-0.4, -0.2) is 30.3 Å². The first-order valence-electron chi connectivity index (χ1n) is 3.87. The summed E-state index contributed by atoms with van der Waals surface area (Å²) < 4.78 is 37.5. The Morgan fingerprint density at radius 1 is 1.60 bits per heavy atom. The van der Waals surface area contributed by atoms with E-state index in [1.807, 2.05) is 0 Å². The maximum Gasteiger partial charge on any atom is 0.400 e. The Bertz CT molecular complexity index is 254. The molecule has 1 unspecified atom stereocenters. The molecule has 0 aliphatic carbocycles. The van der Waals surface area contributed by atoms with Gasteiger partial charge in [0.1, 0.15) is 5.92 Å². The molecule has 15 heavy (non-hydrogen) atoms. The van der Waals surface area contributed by atoms with Gasteiger partial charge in [-0.3, -0.25) is 0 Å². The van der Waals surface area contributed by atoms with Gasteiger partial charge in [0.05, 0.1) is 0 Å². The molecule has 0 saturated carbocycles. The predicted molar refractivity (Wildman–Crippen MR) is 53.9 cm³/mol. The third-order valence-electron chi connectivity index (χ3n) is 1.53. The lowest BCUT2D eigenvalue weighted by Gasteiger charge is -2.19. The average molecular weight is 290 g/mol. The van der Waals surface area contributed by atoms with Crippen LogP contribution in [0, 0.1) is 5.92 Å². The highest BCUT2D eigenvalue weighted by Crippen LogP contribution is 2.25. The van der Waals surface area contributed by atoms with Gasteiger partial charge in [-0.05, 0) is 0 Å². The van der Waals surface area contributed by atoms with Crippen molar-refractivity contribution >= 4 is 21.8 Å². The van der Waals surface area contributed by atoms with Crippen molar-refractivity contribution in [3.63, 3.8) is 0 Å². The predicted octanol–water partition coefficient (Wildman–Crippen LogP) is 1.41. The number of alkyl halides is 3. The van der Waals surface area contributed by atoms with E-state index in [1.54, 1.807) is 0 Å². The van der Waals surface area contributed by atoms with E-state index in [0.29, 0.717) is 4.48 Å². The molecule has 4 N–H and O–H groups in total. The number of nitrogens with one attached hydrogen (secondary N) is 1. The maximum absolute atomic E-state index is 12.3. The number of halogens is 4. The lowest BCUT2D eigenvalue weighted by Crippen LogP contribution is -2.43. The minimum Gasteiger partial charge on any atom is -0.409 e.